The fraction of sp³-hybridized carbons (Fsp3) is 0.160. The largest absolute Gasteiger partial charge is 0.493 e. The number of hydrogen-bond donors (Lipinski definition) is 1. The number of esters is 1. The lowest BCUT2D eigenvalue weighted by molar-refractivity contribution is -0.164. The molecule has 1 N–H and O–H groups in total. The average Bonchev–Trinajstić information content (AvgIpc) is 3.32. The van der Waals surface area contributed by atoms with Crippen molar-refractivity contribution in [2.75, 3.05) is 6.61 Å². The van der Waals surface area contributed by atoms with Gasteiger partial charge in [0.25, 0.3) is 5.89 Å². The molecular weight excluding hydrogens is 408 g/mol. The quantitative estimate of drug-likeness (QED) is 0.420. The molecule has 3 aromatic carbocycles. The lowest BCUT2D eigenvalue weighted by atomic mass is 9.86. The second-order valence-corrected chi connectivity index (χ2v) is 6.96. The van der Waals surface area contributed by atoms with Crippen LogP contribution < -0.4 is 4.74 Å². The molecule has 7 heteroatoms. The third kappa shape index (κ3) is 4.24. The number of rotatable bonds is 8. The zero-order valence-electron chi connectivity index (χ0n) is 17.5. The molecule has 0 atom stereocenters. The van der Waals surface area contributed by atoms with E-state index in [0.717, 1.165) is 0 Å². The Kier molecular flexibility index (Phi) is 6.28. The van der Waals surface area contributed by atoms with Crippen LogP contribution in [0, 0.1) is 0 Å². The number of carbonyl (C=O) groups is 1. The molecule has 0 bridgehead atoms. The van der Waals surface area contributed by atoms with Crippen LogP contribution in [0.25, 0.3) is 11.4 Å². The van der Waals surface area contributed by atoms with Crippen molar-refractivity contribution in [1.29, 1.82) is 0 Å². The highest BCUT2D eigenvalue weighted by atomic mass is 16.6. The van der Waals surface area contributed by atoms with Crippen molar-refractivity contribution in [2.45, 2.75) is 19.1 Å². The van der Waals surface area contributed by atoms with E-state index in [9.17, 15) is 9.90 Å². The van der Waals surface area contributed by atoms with E-state index >= 15 is 0 Å². The van der Waals surface area contributed by atoms with Crippen LogP contribution in [-0.4, -0.2) is 27.8 Å². The van der Waals surface area contributed by atoms with E-state index in [0.29, 0.717) is 34.9 Å². The average molecular weight is 430 g/mol. The van der Waals surface area contributed by atoms with Crippen molar-refractivity contribution >= 4 is 5.97 Å². The van der Waals surface area contributed by atoms with Crippen LogP contribution in [0.5, 0.6) is 5.75 Å². The first-order valence-electron chi connectivity index (χ1n) is 10.2. The minimum absolute atomic E-state index is 0.100. The van der Waals surface area contributed by atoms with E-state index in [1.165, 1.54) is 0 Å². The number of nitrogens with zero attached hydrogens (tertiary/aromatic N) is 2. The first-order valence-corrected chi connectivity index (χ1v) is 10.2. The van der Waals surface area contributed by atoms with Gasteiger partial charge < -0.3 is 19.1 Å². The van der Waals surface area contributed by atoms with E-state index in [4.69, 9.17) is 14.0 Å². The summed E-state index contributed by atoms with van der Waals surface area (Å²) in [6.45, 7) is 2.10. The van der Waals surface area contributed by atoms with Gasteiger partial charge in [-0.2, -0.15) is 4.98 Å². The van der Waals surface area contributed by atoms with Gasteiger partial charge in [-0.05, 0) is 30.2 Å². The number of ether oxygens (including phenoxy) is 2. The second kappa shape index (κ2) is 9.45. The fourth-order valence-electron chi connectivity index (χ4n) is 3.35. The number of carbonyl (C=O) groups excluding carboxylic acids is 1. The van der Waals surface area contributed by atoms with Crippen LogP contribution in [0.3, 0.4) is 0 Å². The number of benzene rings is 3. The van der Waals surface area contributed by atoms with Gasteiger partial charge in [-0.25, -0.2) is 4.79 Å². The molecule has 0 spiro atoms. The molecule has 4 aromatic rings. The zero-order valence-corrected chi connectivity index (χ0v) is 17.5. The minimum Gasteiger partial charge on any atom is -0.493 e. The Bertz CT molecular complexity index is 1140. The summed E-state index contributed by atoms with van der Waals surface area (Å²) in [5, 5.41) is 15.4. The number of aliphatic hydroxyl groups is 1. The van der Waals surface area contributed by atoms with Gasteiger partial charge in [0.15, 0.2) is 6.61 Å². The molecule has 4 rings (SSSR count). The van der Waals surface area contributed by atoms with Crippen molar-refractivity contribution in [3.05, 3.63) is 102 Å². The molecule has 0 saturated carbocycles. The van der Waals surface area contributed by atoms with E-state index in [-0.39, 0.29) is 12.5 Å². The standard InChI is InChI=1S/C25H22N2O5/c1-2-30-21-16-10-9-15-20(21)23-26-22(32-27-23)17-31-24(28)25(29,18-11-5-3-6-12-18)19-13-7-4-8-14-19/h3-16,29H,2,17H2,1H3. The Morgan fingerprint density at radius 2 is 1.53 bits per heavy atom. The normalized spacial score (nSPS) is 11.2. The van der Waals surface area contributed by atoms with Crippen molar-refractivity contribution in [2.24, 2.45) is 0 Å². The lowest BCUT2D eigenvalue weighted by Crippen LogP contribution is -2.38. The molecule has 1 aromatic heterocycles. The van der Waals surface area contributed by atoms with Gasteiger partial charge in [0.1, 0.15) is 5.75 Å². The van der Waals surface area contributed by atoms with Crippen LogP contribution in [-0.2, 0) is 21.7 Å². The van der Waals surface area contributed by atoms with Crippen LogP contribution >= 0.6 is 0 Å². The van der Waals surface area contributed by atoms with Gasteiger partial charge in [-0.1, -0.05) is 78.0 Å². The fourth-order valence-corrected chi connectivity index (χ4v) is 3.35. The Morgan fingerprint density at radius 1 is 0.938 bits per heavy atom. The summed E-state index contributed by atoms with van der Waals surface area (Å²) >= 11 is 0. The Labute approximate surface area is 185 Å². The summed E-state index contributed by atoms with van der Waals surface area (Å²) in [5.74, 6) is 0.204. The number of para-hydroxylation sites is 1. The van der Waals surface area contributed by atoms with Crippen LogP contribution in [0.15, 0.2) is 89.5 Å². The SMILES string of the molecule is CCOc1ccccc1-c1noc(COC(=O)C(O)(c2ccccc2)c2ccccc2)n1. The van der Waals surface area contributed by atoms with Gasteiger partial charge in [0.05, 0.1) is 12.2 Å². The van der Waals surface area contributed by atoms with E-state index in [1.54, 1.807) is 60.7 Å². The maximum Gasteiger partial charge on any atom is 0.348 e. The summed E-state index contributed by atoms with van der Waals surface area (Å²) in [6, 6.07) is 24.6. The molecule has 162 valence electrons. The van der Waals surface area contributed by atoms with E-state index < -0.39 is 11.6 Å². The van der Waals surface area contributed by atoms with Crippen molar-refractivity contribution in [3.63, 3.8) is 0 Å². The number of hydrogen-bond acceptors (Lipinski definition) is 7. The highest BCUT2D eigenvalue weighted by Gasteiger charge is 2.41. The summed E-state index contributed by atoms with van der Waals surface area (Å²) < 4.78 is 16.3. The molecule has 0 aliphatic heterocycles. The predicted molar refractivity (Wildman–Crippen MR) is 117 cm³/mol. The second-order valence-electron chi connectivity index (χ2n) is 6.96. The van der Waals surface area contributed by atoms with Gasteiger partial charge in [-0.15, -0.1) is 0 Å². The molecule has 0 aliphatic carbocycles. The van der Waals surface area contributed by atoms with Gasteiger partial charge >= 0.3 is 5.97 Å². The first-order chi connectivity index (χ1) is 15.6. The maximum absolute atomic E-state index is 13.1. The topological polar surface area (TPSA) is 94.7 Å². The minimum atomic E-state index is -1.98. The molecule has 0 radical (unpaired) electrons. The summed E-state index contributed by atoms with van der Waals surface area (Å²) in [7, 11) is 0. The lowest BCUT2D eigenvalue weighted by Gasteiger charge is -2.26. The van der Waals surface area contributed by atoms with Crippen molar-refractivity contribution in [1.82, 2.24) is 10.1 Å². The Hall–Kier alpha value is -3.97. The summed E-state index contributed by atoms with van der Waals surface area (Å²) in [4.78, 5) is 17.4. The molecule has 7 nitrogen and oxygen atoms in total. The zero-order chi connectivity index (χ0) is 22.4. The van der Waals surface area contributed by atoms with Gasteiger partial charge in [0, 0.05) is 0 Å². The van der Waals surface area contributed by atoms with Crippen molar-refractivity contribution < 1.29 is 23.9 Å². The molecule has 32 heavy (non-hydrogen) atoms. The molecule has 1 heterocycles. The van der Waals surface area contributed by atoms with E-state index in [2.05, 4.69) is 10.1 Å². The highest BCUT2D eigenvalue weighted by molar-refractivity contribution is 5.85. The molecule has 0 unspecified atom stereocenters. The maximum atomic E-state index is 13.1. The summed E-state index contributed by atoms with van der Waals surface area (Å²) in [5.41, 5.74) is -0.519. The summed E-state index contributed by atoms with van der Waals surface area (Å²) in [6.07, 6.45) is 0. The van der Waals surface area contributed by atoms with Crippen LogP contribution in [0.4, 0.5) is 0 Å². The third-order valence-corrected chi connectivity index (χ3v) is 4.90. The van der Waals surface area contributed by atoms with Crippen LogP contribution in [0.1, 0.15) is 23.9 Å². The molecule has 0 aliphatic rings. The van der Waals surface area contributed by atoms with Gasteiger partial charge in [0.2, 0.25) is 11.4 Å². The molecule has 0 fully saturated rings. The Morgan fingerprint density at radius 3 is 2.16 bits per heavy atom. The first kappa shape index (κ1) is 21.3. The highest BCUT2D eigenvalue weighted by Crippen LogP contribution is 2.32. The molecule has 0 saturated heterocycles. The molecular formula is C25H22N2O5. The third-order valence-electron chi connectivity index (χ3n) is 4.90. The Balaban J connectivity index is 1.55. The smallest absolute Gasteiger partial charge is 0.348 e. The number of aromatic nitrogens is 2. The van der Waals surface area contributed by atoms with E-state index in [1.807, 2.05) is 31.2 Å². The van der Waals surface area contributed by atoms with Crippen LogP contribution in [0.2, 0.25) is 0 Å². The predicted octanol–water partition coefficient (Wildman–Crippen LogP) is 4.11. The monoisotopic (exact) mass is 430 g/mol. The van der Waals surface area contributed by atoms with Crippen molar-refractivity contribution in [3.8, 4) is 17.1 Å². The van der Waals surface area contributed by atoms with Gasteiger partial charge in [-0.3, -0.25) is 0 Å². The molecule has 0 amide bonds.